The number of hydrogen-bond acceptors (Lipinski definition) is 7. The Hall–Kier alpha value is -4.82. The number of ether oxygens (including phenoxy) is 4. The number of rotatable bonds is 10. The third-order valence-electron chi connectivity index (χ3n) is 5.58. The van der Waals surface area contributed by atoms with Crippen molar-refractivity contribution < 1.29 is 37.7 Å². The molecular formula is C32H29FO7. The molecule has 0 saturated carbocycles. The summed E-state index contributed by atoms with van der Waals surface area (Å²) in [7, 11) is 1.54. The molecule has 0 bridgehead atoms. The first-order valence-electron chi connectivity index (χ1n) is 12.1. The Labute approximate surface area is 232 Å². The van der Waals surface area contributed by atoms with Crippen molar-refractivity contribution >= 4 is 17.9 Å². The number of halogens is 1. The van der Waals surface area contributed by atoms with Crippen molar-refractivity contribution in [2.75, 3.05) is 7.11 Å². The van der Waals surface area contributed by atoms with Gasteiger partial charge in [-0.05, 0) is 78.9 Å². The maximum atomic E-state index is 14.7. The smallest absolute Gasteiger partial charge is 0.338 e. The van der Waals surface area contributed by atoms with Gasteiger partial charge in [0.05, 0.1) is 6.61 Å². The highest BCUT2D eigenvalue weighted by Gasteiger charge is 2.18. The summed E-state index contributed by atoms with van der Waals surface area (Å²) in [4.78, 5) is 36.2. The molecule has 0 aromatic heterocycles. The molecule has 0 atom stereocenters. The fraction of sp³-hybridized carbons (Fsp3) is 0.156. The topological polar surface area (TPSA) is 88.1 Å². The van der Waals surface area contributed by atoms with Gasteiger partial charge in [0.15, 0.2) is 23.1 Å². The lowest BCUT2D eigenvalue weighted by Gasteiger charge is -2.15. The van der Waals surface area contributed by atoms with E-state index in [9.17, 15) is 18.8 Å². The first kappa shape index (κ1) is 29.7. The van der Waals surface area contributed by atoms with Crippen LogP contribution >= 0.6 is 0 Å². The van der Waals surface area contributed by atoms with Gasteiger partial charge in [0, 0.05) is 23.8 Å². The standard InChI is InChI=1S/C32H29FO7/c1-18(2)30(34)38-27-12-9-22(15-26(27)33)21-8-11-25(24(14-21)17-37-7)23-10-13-28(39-31(35)19(3)4)29(16-23)40-32(36)20(5)6/h8-16H,1,3,5,17H2,2,4,6-7H3. The minimum absolute atomic E-state index is 0.0227. The summed E-state index contributed by atoms with van der Waals surface area (Å²) in [5.41, 5.74) is 3.88. The molecule has 0 aliphatic rings. The van der Waals surface area contributed by atoms with Gasteiger partial charge in [0.1, 0.15) is 0 Å². The Balaban J connectivity index is 2.03. The molecule has 206 valence electrons. The summed E-state index contributed by atoms with van der Waals surface area (Å²) in [5, 5.41) is 0. The zero-order chi connectivity index (χ0) is 29.6. The fourth-order valence-corrected chi connectivity index (χ4v) is 3.49. The summed E-state index contributed by atoms with van der Waals surface area (Å²) in [6.45, 7) is 15.4. The van der Waals surface area contributed by atoms with Gasteiger partial charge in [-0.3, -0.25) is 0 Å². The summed E-state index contributed by atoms with van der Waals surface area (Å²) in [6.07, 6.45) is 0. The van der Waals surface area contributed by atoms with Gasteiger partial charge >= 0.3 is 17.9 Å². The van der Waals surface area contributed by atoms with E-state index in [2.05, 4.69) is 19.7 Å². The van der Waals surface area contributed by atoms with Crippen LogP contribution in [-0.2, 0) is 25.7 Å². The van der Waals surface area contributed by atoms with Gasteiger partial charge in [-0.2, -0.15) is 0 Å². The zero-order valence-corrected chi connectivity index (χ0v) is 22.8. The second-order valence-corrected chi connectivity index (χ2v) is 9.12. The molecule has 0 heterocycles. The Morgan fingerprint density at radius 2 is 1.12 bits per heavy atom. The molecule has 7 nitrogen and oxygen atoms in total. The molecule has 0 N–H and O–H groups in total. The van der Waals surface area contributed by atoms with Crippen LogP contribution in [0.4, 0.5) is 4.39 Å². The molecule has 0 spiro atoms. The van der Waals surface area contributed by atoms with Crippen LogP contribution in [-0.4, -0.2) is 25.0 Å². The third-order valence-corrected chi connectivity index (χ3v) is 5.58. The van der Waals surface area contributed by atoms with Crippen molar-refractivity contribution in [2.24, 2.45) is 0 Å². The maximum Gasteiger partial charge on any atom is 0.338 e. The number of carbonyl (C=O) groups is 3. The molecule has 0 aliphatic carbocycles. The van der Waals surface area contributed by atoms with Crippen LogP contribution in [0.3, 0.4) is 0 Å². The molecule has 40 heavy (non-hydrogen) atoms. The predicted octanol–water partition coefficient (Wildman–Crippen LogP) is 6.75. The maximum absolute atomic E-state index is 14.7. The highest BCUT2D eigenvalue weighted by molar-refractivity contribution is 5.92. The molecule has 3 aromatic carbocycles. The molecule has 3 rings (SSSR count). The van der Waals surface area contributed by atoms with E-state index in [0.29, 0.717) is 16.7 Å². The summed E-state index contributed by atoms with van der Waals surface area (Å²) in [6, 6.07) is 14.5. The summed E-state index contributed by atoms with van der Waals surface area (Å²) < 4.78 is 35.9. The second-order valence-electron chi connectivity index (χ2n) is 9.12. The van der Waals surface area contributed by atoms with Crippen LogP contribution in [0, 0.1) is 5.82 Å². The van der Waals surface area contributed by atoms with Gasteiger partial charge < -0.3 is 18.9 Å². The van der Waals surface area contributed by atoms with E-state index in [1.807, 2.05) is 12.1 Å². The van der Waals surface area contributed by atoms with E-state index in [1.54, 1.807) is 31.4 Å². The largest absolute Gasteiger partial charge is 0.420 e. The summed E-state index contributed by atoms with van der Waals surface area (Å²) >= 11 is 0. The van der Waals surface area contributed by atoms with Gasteiger partial charge in [0.2, 0.25) is 0 Å². The predicted molar refractivity (Wildman–Crippen MR) is 149 cm³/mol. The van der Waals surface area contributed by atoms with Crippen LogP contribution < -0.4 is 14.2 Å². The van der Waals surface area contributed by atoms with E-state index in [-0.39, 0.29) is 40.6 Å². The van der Waals surface area contributed by atoms with Crippen LogP contribution in [0.5, 0.6) is 17.2 Å². The van der Waals surface area contributed by atoms with Gasteiger partial charge in [-0.25, -0.2) is 18.8 Å². The lowest BCUT2D eigenvalue weighted by molar-refractivity contribution is -0.132. The van der Waals surface area contributed by atoms with Gasteiger partial charge in [-0.15, -0.1) is 0 Å². The summed E-state index contributed by atoms with van der Waals surface area (Å²) in [5.74, 6) is -2.90. The number of methoxy groups -OCH3 is 1. The highest BCUT2D eigenvalue weighted by Crippen LogP contribution is 2.37. The first-order chi connectivity index (χ1) is 18.9. The molecule has 8 heteroatoms. The Kier molecular flexibility index (Phi) is 9.53. The molecule has 0 radical (unpaired) electrons. The number of esters is 3. The van der Waals surface area contributed by atoms with Crippen LogP contribution in [0.25, 0.3) is 22.3 Å². The quantitative estimate of drug-likeness (QED) is 0.158. The Morgan fingerprint density at radius 3 is 1.68 bits per heavy atom. The molecule has 0 unspecified atom stereocenters. The van der Waals surface area contributed by atoms with Crippen molar-refractivity contribution in [3.63, 3.8) is 0 Å². The third kappa shape index (κ3) is 7.18. The highest BCUT2D eigenvalue weighted by atomic mass is 19.1. The monoisotopic (exact) mass is 544 g/mol. The van der Waals surface area contributed by atoms with Gasteiger partial charge in [-0.1, -0.05) is 44.0 Å². The van der Waals surface area contributed by atoms with Crippen molar-refractivity contribution in [1.82, 2.24) is 0 Å². The van der Waals surface area contributed by atoms with Crippen molar-refractivity contribution in [3.05, 3.63) is 102 Å². The number of hydrogen-bond donors (Lipinski definition) is 0. The zero-order valence-electron chi connectivity index (χ0n) is 22.8. The average molecular weight is 545 g/mol. The molecule has 0 aliphatic heterocycles. The minimum atomic E-state index is -0.716. The lowest BCUT2D eigenvalue weighted by Crippen LogP contribution is -2.13. The van der Waals surface area contributed by atoms with Crippen molar-refractivity contribution in [1.29, 1.82) is 0 Å². The Bertz CT molecular complexity index is 1530. The molecule has 0 amide bonds. The van der Waals surface area contributed by atoms with E-state index in [0.717, 1.165) is 11.1 Å². The molecule has 3 aromatic rings. The van der Waals surface area contributed by atoms with E-state index >= 15 is 0 Å². The SMILES string of the molecule is C=C(C)C(=O)Oc1ccc(-c2ccc(-c3ccc(OC(=O)C(=C)C)c(OC(=O)C(=C)C)c3)c(COC)c2)cc1F. The molecule has 0 fully saturated rings. The molecular weight excluding hydrogens is 515 g/mol. The van der Waals surface area contributed by atoms with Crippen molar-refractivity contribution in [3.8, 4) is 39.5 Å². The van der Waals surface area contributed by atoms with Crippen LogP contribution in [0.1, 0.15) is 26.3 Å². The average Bonchev–Trinajstić information content (AvgIpc) is 2.90. The van der Waals surface area contributed by atoms with Crippen molar-refractivity contribution in [2.45, 2.75) is 27.4 Å². The van der Waals surface area contributed by atoms with Gasteiger partial charge in [0.25, 0.3) is 0 Å². The fourth-order valence-electron chi connectivity index (χ4n) is 3.49. The lowest BCUT2D eigenvalue weighted by atomic mass is 9.95. The Morgan fingerprint density at radius 1 is 0.650 bits per heavy atom. The van der Waals surface area contributed by atoms with E-state index in [4.69, 9.17) is 18.9 Å². The van der Waals surface area contributed by atoms with E-state index < -0.39 is 23.7 Å². The van der Waals surface area contributed by atoms with Crippen LogP contribution in [0.15, 0.2) is 91.1 Å². The first-order valence-corrected chi connectivity index (χ1v) is 12.1. The number of carbonyl (C=O) groups excluding carboxylic acids is 3. The van der Waals surface area contributed by atoms with E-state index in [1.165, 1.54) is 39.0 Å². The molecule has 0 saturated heterocycles. The number of benzene rings is 3. The normalized spacial score (nSPS) is 10.4. The minimum Gasteiger partial charge on any atom is -0.420 e. The second kappa shape index (κ2) is 12.8. The van der Waals surface area contributed by atoms with Crippen LogP contribution in [0.2, 0.25) is 0 Å².